The van der Waals surface area contributed by atoms with Gasteiger partial charge in [-0.25, -0.2) is 0 Å². The van der Waals surface area contributed by atoms with E-state index in [4.69, 9.17) is 0 Å². The maximum atomic E-state index is 3.49. The van der Waals surface area contributed by atoms with Crippen molar-refractivity contribution in [2.45, 2.75) is 12.8 Å². The van der Waals surface area contributed by atoms with Gasteiger partial charge in [-0.2, -0.15) is 0 Å². The molecule has 0 amide bonds. The van der Waals surface area contributed by atoms with Gasteiger partial charge < -0.3 is 10.6 Å². The number of anilines is 1. The van der Waals surface area contributed by atoms with E-state index in [0.29, 0.717) is 0 Å². The van der Waals surface area contributed by atoms with Gasteiger partial charge in [0.2, 0.25) is 0 Å². The summed E-state index contributed by atoms with van der Waals surface area (Å²) in [6.07, 6.45) is 2.84. The van der Waals surface area contributed by atoms with Gasteiger partial charge in [-0.3, -0.25) is 0 Å². The fourth-order valence-corrected chi connectivity index (χ4v) is 2.33. The Kier molecular flexibility index (Phi) is 4.34. The second-order valence-electron chi connectivity index (χ2n) is 5.52. The monoisotopic (exact) mass is 266 g/mol. The van der Waals surface area contributed by atoms with Crippen LogP contribution in [0.3, 0.4) is 0 Å². The van der Waals surface area contributed by atoms with Gasteiger partial charge in [0.25, 0.3) is 0 Å². The Morgan fingerprint density at radius 2 is 1.50 bits per heavy atom. The molecule has 2 nitrogen and oxygen atoms in total. The van der Waals surface area contributed by atoms with Crippen molar-refractivity contribution in [1.29, 1.82) is 0 Å². The van der Waals surface area contributed by atoms with Crippen molar-refractivity contribution in [3.63, 3.8) is 0 Å². The smallest absolute Gasteiger partial charge is 0.0341 e. The lowest BCUT2D eigenvalue weighted by atomic mass is 10.1. The largest absolute Gasteiger partial charge is 0.384 e. The highest BCUT2D eigenvalue weighted by atomic mass is 14.9. The Balaban J connectivity index is 1.46. The summed E-state index contributed by atoms with van der Waals surface area (Å²) in [6, 6.07) is 19.2. The second kappa shape index (κ2) is 6.58. The fourth-order valence-electron chi connectivity index (χ4n) is 2.33. The molecule has 2 heteroatoms. The van der Waals surface area contributed by atoms with E-state index >= 15 is 0 Å². The maximum Gasteiger partial charge on any atom is 0.0341 e. The Bertz CT molecular complexity index is 515. The first-order valence-corrected chi connectivity index (χ1v) is 7.52. The molecule has 0 heterocycles. The molecular weight excluding hydrogens is 244 g/mol. The van der Waals surface area contributed by atoms with E-state index in [0.717, 1.165) is 19.0 Å². The van der Waals surface area contributed by atoms with Gasteiger partial charge in [0.15, 0.2) is 0 Å². The first-order valence-electron chi connectivity index (χ1n) is 7.52. The van der Waals surface area contributed by atoms with E-state index in [2.05, 4.69) is 59.2 Å². The minimum Gasteiger partial charge on any atom is -0.384 e. The van der Waals surface area contributed by atoms with Gasteiger partial charge in [-0.05, 0) is 48.6 Å². The molecule has 0 aromatic heterocycles. The van der Waals surface area contributed by atoms with Crippen LogP contribution in [-0.4, -0.2) is 19.6 Å². The van der Waals surface area contributed by atoms with Crippen LogP contribution in [0.2, 0.25) is 0 Å². The number of hydrogen-bond acceptors (Lipinski definition) is 2. The van der Waals surface area contributed by atoms with Crippen LogP contribution >= 0.6 is 0 Å². The number of hydrogen-bond donors (Lipinski definition) is 2. The fraction of sp³-hybridized carbons (Fsp3) is 0.333. The number of rotatable bonds is 7. The molecule has 0 bridgehead atoms. The van der Waals surface area contributed by atoms with E-state index in [1.54, 1.807) is 0 Å². The lowest BCUT2D eigenvalue weighted by Gasteiger charge is -2.08. The third-order valence-electron chi connectivity index (χ3n) is 3.75. The highest BCUT2D eigenvalue weighted by molar-refractivity contribution is 5.65. The average Bonchev–Trinajstić information content (AvgIpc) is 3.33. The first-order chi connectivity index (χ1) is 9.92. The molecule has 20 heavy (non-hydrogen) atoms. The molecule has 0 saturated heterocycles. The van der Waals surface area contributed by atoms with Crippen LogP contribution in [-0.2, 0) is 0 Å². The third-order valence-corrected chi connectivity index (χ3v) is 3.75. The van der Waals surface area contributed by atoms with Crippen molar-refractivity contribution in [3.05, 3.63) is 54.6 Å². The zero-order chi connectivity index (χ0) is 13.6. The topological polar surface area (TPSA) is 24.1 Å². The van der Waals surface area contributed by atoms with Gasteiger partial charge >= 0.3 is 0 Å². The summed E-state index contributed by atoms with van der Waals surface area (Å²) in [4.78, 5) is 0. The highest BCUT2D eigenvalue weighted by Gasteiger charge is 2.19. The molecule has 3 rings (SSSR count). The molecule has 2 aromatic rings. The lowest BCUT2D eigenvalue weighted by molar-refractivity contribution is 0.650. The summed E-state index contributed by atoms with van der Waals surface area (Å²) < 4.78 is 0. The van der Waals surface area contributed by atoms with Crippen molar-refractivity contribution in [3.8, 4) is 11.1 Å². The van der Waals surface area contributed by atoms with E-state index < -0.39 is 0 Å². The molecule has 0 spiro atoms. The normalized spacial score (nSPS) is 14.2. The van der Waals surface area contributed by atoms with Gasteiger partial charge in [0, 0.05) is 18.8 Å². The molecular formula is C18H22N2. The van der Waals surface area contributed by atoms with Gasteiger partial charge in [0.1, 0.15) is 0 Å². The van der Waals surface area contributed by atoms with Crippen molar-refractivity contribution in [2.24, 2.45) is 5.92 Å². The Morgan fingerprint density at radius 1 is 0.800 bits per heavy atom. The molecule has 1 fully saturated rings. The van der Waals surface area contributed by atoms with Crippen LogP contribution in [0.1, 0.15) is 12.8 Å². The van der Waals surface area contributed by atoms with Crippen molar-refractivity contribution < 1.29 is 0 Å². The van der Waals surface area contributed by atoms with Crippen LogP contribution < -0.4 is 10.6 Å². The summed E-state index contributed by atoms with van der Waals surface area (Å²) in [7, 11) is 0. The molecule has 1 aliphatic carbocycles. The standard InChI is InChI=1S/C18H22N2/c1-2-4-16(5-3-1)17-8-10-18(11-9-17)20-13-12-19-14-15-6-7-15/h1-5,8-11,15,19-20H,6-7,12-14H2. The van der Waals surface area contributed by atoms with E-state index in [1.807, 2.05) is 6.07 Å². The molecule has 0 radical (unpaired) electrons. The SMILES string of the molecule is c1ccc(-c2ccc(NCCNCC3CC3)cc2)cc1. The molecule has 0 atom stereocenters. The quantitative estimate of drug-likeness (QED) is 0.746. The average molecular weight is 266 g/mol. The van der Waals surface area contributed by atoms with E-state index in [-0.39, 0.29) is 0 Å². The third kappa shape index (κ3) is 3.84. The Hall–Kier alpha value is -1.80. The highest BCUT2D eigenvalue weighted by Crippen LogP contribution is 2.27. The second-order valence-corrected chi connectivity index (χ2v) is 5.52. The zero-order valence-electron chi connectivity index (χ0n) is 11.8. The molecule has 2 aromatic carbocycles. The van der Waals surface area contributed by atoms with Crippen molar-refractivity contribution >= 4 is 5.69 Å². The summed E-state index contributed by atoms with van der Waals surface area (Å²) in [6.45, 7) is 3.21. The summed E-state index contributed by atoms with van der Waals surface area (Å²) >= 11 is 0. The minimum absolute atomic E-state index is 0.958. The zero-order valence-corrected chi connectivity index (χ0v) is 11.8. The van der Waals surface area contributed by atoms with Gasteiger partial charge in [-0.1, -0.05) is 42.5 Å². The minimum atomic E-state index is 0.958. The maximum absolute atomic E-state index is 3.49. The molecule has 0 aliphatic heterocycles. The van der Waals surface area contributed by atoms with Crippen molar-refractivity contribution in [1.82, 2.24) is 5.32 Å². The van der Waals surface area contributed by atoms with Crippen LogP contribution in [0.4, 0.5) is 5.69 Å². The Morgan fingerprint density at radius 3 is 2.20 bits per heavy atom. The van der Waals surface area contributed by atoms with Crippen molar-refractivity contribution in [2.75, 3.05) is 25.0 Å². The molecule has 0 unspecified atom stereocenters. The first kappa shape index (κ1) is 13.2. The predicted molar refractivity (Wildman–Crippen MR) is 86.0 cm³/mol. The van der Waals surface area contributed by atoms with Gasteiger partial charge in [0.05, 0.1) is 0 Å². The molecule has 1 saturated carbocycles. The summed E-state index contributed by atoms with van der Waals surface area (Å²) in [5.74, 6) is 0.958. The number of benzene rings is 2. The van der Waals surface area contributed by atoms with E-state index in [1.165, 1.54) is 36.2 Å². The van der Waals surface area contributed by atoms with Crippen LogP contribution in [0, 0.1) is 5.92 Å². The molecule has 2 N–H and O–H groups in total. The summed E-state index contributed by atoms with van der Waals surface area (Å²) in [5, 5.41) is 6.95. The van der Waals surface area contributed by atoms with Crippen LogP contribution in [0.5, 0.6) is 0 Å². The molecule has 104 valence electrons. The predicted octanol–water partition coefficient (Wildman–Crippen LogP) is 3.77. The Labute approximate surface area is 121 Å². The summed E-state index contributed by atoms with van der Waals surface area (Å²) in [5.41, 5.74) is 3.73. The van der Waals surface area contributed by atoms with Gasteiger partial charge in [-0.15, -0.1) is 0 Å². The van der Waals surface area contributed by atoms with Crippen LogP contribution in [0.25, 0.3) is 11.1 Å². The van der Waals surface area contributed by atoms with E-state index in [9.17, 15) is 0 Å². The number of nitrogens with one attached hydrogen (secondary N) is 2. The molecule has 1 aliphatic rings. The lowest BCUT2D eigenvalue weighted by Crippen LogP contribution is -2.24. The van der Waals surface area contributed by atoms with Crippen LogP contribution in [0.15, 0.2) is 54.6 Å².